The number of hydrogen-bond donors (Lipinski definition) is 3. The van der Waals surface area contributed by atoms with Crippen LogP contribution in [0.5, 0.6) is 0 Å². The summed E-state index contributed by atoms with van der Waals surface area (Å²) >= 11 is 0. The van der Waals surface area contributed by atoms with E-state index < -0.39 is 0 Å². The molecule has 1 atom stereocenters. The van der Waals surface area contributed by atoms with Crippen molar-refractivity contribution in [3.63, 3.8) is 0 Å². The minimum atomic E-state index is 0.631. The van der Waals surface area contributed by atoms with Crippen molar-refractivity contribution >= 4 is 0 Å². The third-order valence-electron chi connectivity index (χ3n) is 2.54. The quantitative estimate of drug-likeness (QED) is 0.458. The predicted molar refractivity (Wildman–Crippen MR) is 68.1 cm³/mol. The highest BCUT2D eigenvalue weighted by Gasteiger charge is 2.04. The first kappa shape index (κ1) is 14.9. The predicted octanol–water partition coefficient (Wildman–Crippen LogP) is 1.48. The third-order valence-corrected chi connectivity index (χ3v) is 2.54. The highest BCUT2D eigenvalue weighted by molar-refractivity contribution is 4.66. The fraction of sp³-hybridized carbons (Fsp3) is 1.00. The van der Waals surface area contributed by atoms with Crippen LogP contribution in [0.1, 0.15) is 46.0 Å². The minimum absolute atomic E-state index is 0.631. The molecule has 0 fully saturated rings. The molecule has 0 saturated heterocycles. The maximum atomic E-state index is 5.58. The van der Waals surface area contributed by atoms with Gasteiger partial charge in [0.25, 0.3) is 0 Å². The van der Waals surface area contributed by atoms with Gasteiger partial charge < -0.3 is 16.4 Å². The molecular weight excluding hydrogens is 186 g/mol. The van der Waals surface area contributed by atoms with Crippen molar-refractivity contribution in [3.05, 3.63) is 0 Å². The maximum Gasteiger partial charge on any atom is 0.00789 e. The lowest BCUT2D eigenvalue weighted by atomic mass is 10.1. The van der Waals surface area contributed by atoms with Crippen molar-refractivity contribution in [1.82, 2.24) is 10.6 Å². The van der Waals surface area contributed by atoms with Crippen LogP contribution in [0.2, 0.25) is 0 Å². The average Bonchev–Trinajstić information content (AvgIpc) is 2.24. The Morgan fingerprint density at radius 2 is 1.80 bits per heavy atom. The number of nitrogens with one attached hydrogen (secondary N) is 2. The molecule has 0 aromatic carbocycles. The molecule has 4 N–H and O–H groups in total. The summed E-state index contributed by atoms with van der Waals surface area (Å²) in [7, 11) is 0. The van der Waals surface area contributed by atoms with E-state index in [0.717, 1.165) is 32.6 Å². The summed E-state index contributed by atoms with van der Waals surface area (Å²) in [6, 6.07) is 0.631. The van der Waals surface area contributed by atoms with E-state index in [1.165, 1.54) is 25.7 Å². The molecule has 0 bridgehead atoms. The van der Waals surface area contributed by atoms with Gasteiger partial charge in [-0.3, -0.25) is 0 Å². The lowest BCUT2D eigenvalue weighted by Crippen LogP contribution is -2.33. The Morgan fingerprint density at radius 1 is 1.00 bits per heavy atom. The summed E-state index contributed by atoms with van der Waals surface area (Å²) < 4.78 is 0. The Labute approximate surface area is 95.2 Å². The van der Waals surface area contributed by atoms with Crippen LogP contribution in [0.15, 0.2) is 0 Å². The first-order chi connectivity index (χ1) is 7.35. The lowest BCUT2D eigenvalue weighted by Gasteiger charge is -2.17. The Morgan fingerprint density at radius 3 is 2.40 bits per heavy atom. The van der Waals surface area contributed by atoms with Crippen LogP contribution in [0, 0.1) is 0 Å². The lowest BCUT2D eigenvalue weighted by molar-refractivity contribution is 0.445. The van der Waals surface area contributed by atoms with Gasteiger partial charge in [-0.1, -0.05) is 20.3 Å². The van der Waals surface area contributed by atoms with Gasteiger partial charge in [-0.05, 0) is 51.9 Å². The summed E-state index contributed by atoms with van der Waals surface area (Å²) in [5.41, 5.74) is 5.58. The maximum absolute atomic E-state index is 5.58. The molecule has 0 aliphatic carbocycles. The molecule has 0 aliphatic rings. The van der Waals surface area contributed by atoms with Crippen molar-refractivity contribution in [2.45, 2.75) is 52.0 Å². The highest BCUT2D eigenvalue weighted by Crippen LogP contribution is 2.00. The van der Waals surface area contributed by atoms with Crippen molar-refractivity contribution < 1.29 is 0 Å². The molecule has 0 spiro atoms. The normalized spacial score (nSPS) is 13.0. The first-order valence-corrected chi connectivity index (χ1v) is 6.49. The fourth-order valence-electron chi connectivity index (χ4n) is 1.72. The van der Waals surface area contributed by atoms with Gasteiger partial charge in [0.05, 0.1) is 0 Å². The van der Waals surface area contributed by atoms with E-state index in [9.17, 15) is 0 Å². The molecule has 1 unspecified atom stereocenters. The second kappa shape index (κ2) is 12.0. The van der Waals surface area contributed by atoms with Crippen LogP contribution in [-0.2, 0) is 0 Å². The van der Waals surface area contributed by atoms with E-state index in [-0.39, 0.29) is 0 Å². The Kier molecular flexibility index (Phi) is 11.9. The SMILES string of the molecule is CCCNCCCNC(CCC)CCN. The largest absolute Gasteiger partial charge is 0.330 e. The van der Waals surface area contributed by atoms with E-state index >= 15 is 0 Å². The average molecular weight is 215 g/mol. The number of hydrogen-bond acceptors (Lipinski definition) is 3. The second-order valence-electron chi connectivity index (χ2n) is 4.12. The topological polar surface area (TPSA) is 50.1 Å². The van der Waals surface area contributed by atoms with Gasteiger partial charge in [0, 0.05) is 6.04 Å². The zero-order valence-corrected chi connectivity index (χ0v) is 10.5. The summed E-state index contributed by atoms with van der Waals surface area (Å²) in [4.78, 5) is 0. The fourth-order valence-corrected chi connectivity index (χ4v) is 1.72. The molecule has 3 nitrogen and oxygen atoms in total. The molecule has 0 amide bonds. The van der Waals surface area contributed by atoms with E-state index in [1.54, 1.807) is 0 Å². The van der Waals surface area contributed by atoms with Crippen LogP contribution in [0.25, 0.3) is 0 Å². The van der Waals surface area contributed by atoms with Crippen molar-refractivity contribution in [3.8, 4) is 0 Å². The van der Waals surface area contributed by atoms with Gasteiger partial charge in [0.1, 0.15) is 0 Å². The van der Waals surface area contributed by atoms with Crippen LogP contribution < -0.4 is 16.4 Å². The number of rotatable bonds is 11. The Balaban J connectivity index is 3.28. The Bertz CT molecular complexity index is 111. The molecular formula is C12H29N3. The second-order valence-corrected chi connectivity index (χ2v) is 4.12. The molecule has 3 heteroatoms. The van der Waals surface area contributed by atoms with Gasteiger partial charge in [-0.15, -0.1) is 0 Å². The van der Waals surface area contributed by atoms with Gasteiger partial charge in [-0.25, -0.2) is 0 Å². The standard InChI is InChI=1S/C12H29N3/c1-3-6-12(7-8-13)15-11-5-10-14-9-4-2/h12,14-15H,3-11,13H2,1-2H3. The van der Waals surface area contributed by atoms with Gasteiger partial charge in [0.2, 0.25) is 0 Å². The van der Waals surface area contributed by atoms with Crippen molar-refractivity contribution in [2.24, 2.45) is 5.73 Å². The smallest absolute Gasteiger partial charge is 0.00789 e. The molecule has 0 aromatic heterocycles. The zero-order chi connectivity index (χ0) is 11.4. The van der Waals surface area contributed by atoms with Crippen molar-refractivity contribution in [1.29, 1.82) is 0 Å². The van der Waals surface area contributed by atoms with E-state index in [2.05, 4.69) is 24.5 Å². The summed E-state index contributed by atoms with van der Waals surface area (Å²) in [6.45, 7) is 8.61. The Hall–Kier alpha value is -0.120. The summed E-state index contributed by atoms with van der Waals surface area (Å²) in [5, 5.41) is 6.99. The third kappa shape index (κ3) is 10.2. The molecule has 0 heterocycles. The van der Waals surface area contributed by atoms with E-state index in [4.69, 9.17) is 5.73 Å². The van der Waals surface area contributed by atoms with E-state index in [0.29, 0.717) is 6.04 Å². The molecule has 0 aliphatic heterocycles. The molecule has 0 radical (unpaired) electrons. The van der Waals surface area contributed by atoms with Gasteiger partial charge in [0.15, 0.2) is 0 Å². The van der Waals surface area contributed by atoms with E-state index in [1.807, 2.05) is 0 Å². The zero-order valence-electron chi connectivity index (χ0n) is 10.5. The summed E-state index contributed by atoms with van der Waals surface area (Å²) in [6.07, 6.45) is 6.03. The van der Waals surface area contributed by atoms with Crippen LogP contribution in [0.3, 0.4) is 0 Å². The molecule has 0 aromatic rings. The molecule has 0 rings (SSSR count). The van der Waals surface area contributed by atoms with Crippen LogP contribution in [-0.4, -0.2) is 32.2 Å². The summed E-state index contributed by atoms with van der Waals surface area (Å²) in [5.74, 6) is 0. The van der Waals surface area contributed by atoms with Crippen LogP contribution >= 0.6 is 0 Å². The first-order valence-electron chi connectivity index (χ1n) is 6.49. The van der Waals surface area contributed by atoms with Crippen molar-refractivity contribution in [2.75, 3.05) is 26.2 Å². The van der Waals surface area contributed by atoms with Gasteiger partial charge in [-0.2, -0.15) is 0 Å². The molecule has 15 heavy (non-hydrogen) atoms. The monoisotopic (exact) mass is 215 g/mol. The molecule has 92 valence electrons. The number of nitrogens with two attached hydrogens (primary N) is 1. The van der Waals surface area contributed by atoms with Gasteiger partial charge >= 0.3 is 0 Å². The highest BCUT2D eigenvalue weighted by atomic mass is 14.9. The molecule has 0 saturated carbocycles. The minimum Gasteiger partial charge on any atom is -0.330 e. The van der Waals surface area contributed by atoms with Crippen LogP contribution in [0.4, 0.5) is 0 Å².